The number of rotatable bonds is 9. The van der Waals surface area contributed by atoms with Gasteiger partial charge < -0.3 is 14.8 Å². The zero-order valence-electron chi connectivity index (χ0n) is 12.0. The molecule has 0 unspecified atom stereocenters. The lowest BCUT2D eigenvalue weighted by molar-refractivity contribution is -0.384. The number of nitrogens with one attached hydrogen (secondary N) is 1. The van der Waals surface area contributed by atoms with E-state index in [4.69, 9.17) is 9.47 Å². The second kappa shape index (κ2) is 8.67. The van der Waals surface area contributed by atoms with Gasteiger partial charge in [-0.25, -0.2) is 0 Å². The van der Waals surface area contributed by atoms with Gasteiger partial charge in [0.05, 0.1) is 18.1 Å². The van der Waals surface area contributed by atoms with E-state index < -0.39 is 10.9 Å². The number of carbonyl (C=O) groups is 1. The Balaban J connectivity index is 2.78. The van der Waals surface area contributed by atoms with Crippen LogP contribution < -0.4 is 10.1 Å². The summed E-state index contributed by atoms with van der Waals surface area (Å²) in [5.74, 6) is -0.603. The standard InChI is InChI=1S/C12H18N4O5/c1-3-5-6-21-12-14-7-9(16(18)19)11(15-12)13-8-10(17)20-4-2/h7H,3-6,8H2,1-2H3,(H,13,14,15). The molecule has 0 aliphatic rings. The molecule has 0 atom stereocenters. The third-order valence-electron chi connectivity index (χ3n) is 2.38. The van der Waals surface area contributed by atoms with Gasteiger partial charge in [0, 0.05) is 0 Å². The molecule has 9 nitrogen and oxygen atoms in total. The van der Waals surface area contributed by atoms with Crippen LogP contribution >= 0.6 is 0 Å². The summed E-state index contributed by atoms with van der Waals surface area (Å²) >= 11 is 0. The Labute approximate surface area is 121 Å². The Bertz CT molecular complexity index is 495. The summed E-state index contributed by atoms with van der Waals surface area (Å²) in [6.45, 7) is 4.11. The quantitative estimate of drug-likeness (QED) is 0.316. The number of nitro groups is 1. The molecule has 0 radical (unpaired) electrons. The molecule has 0 spiro atoms. The largest absolute Gasteiger partial charge is 0.465 e. The van der Waals surface area contributed by atoms with E-state index in [-0.39, 0.29) is 30.7 Å². The van der Waals surface area contributed by atoms with Crippen LogP contribution in [0.2, 0.25) is 0 Å². The predicted octanol–water partition coefficient (Wildman–Crippen LogP) is 1.54. The SMILES string of the molecule is CCCCOc1ncc([N+](=O)[O-])c(NCC(=O)OCC)n1. The van der Waals surface area contributed by atoms with Gasteiger partial charge in [-0.15, -0.1) is 0 Å². The monoisotopic (exact) mass is 298 g/mol. The number of esters is 1. The summed E-state index contributed by atoms with van der Waals surface area (Å²) in [6.07, 6.45) is 2.81. The normalized spacial score (nSPS) is 10.0. The highest BCUT2D eigenvalue weighted by Gasteiger charge is 2.18. The Morgan fingerprint density at radius 2 is 2.24 bits per heavy atom. The smallest absolute Gasteiger partial charge is 0.329 e. The highest BCUT2D eigenvalue weighted by Crippen LogP contribution is 2.22. The first-order valence-electron chi connectivity index (χ1n) is 6.62. The predicted molar refractivity (Wildman–Crippen MR) is 74.2 cm³/mol. The van der Waals surface area contributed by atoms with Crippen molar-refractivity contribution in [2.24, 2.45) is 0 Å². The molecule has 0 saturated heterocycles. The topological polar surface area (TPSA) is 116 Å². The first kappa shape index (κ1) is 16.6. The fourth-order valence-electron chi connectivity index (χ4n) is 1.37. The number of hydrogen-bond acceptors (Lipinski definition) is 8. The molecule has 9 heteroatoms. The van der Waals surface area contributed by atoms with Crippen molar-refractivity contribution in [2.75, 3.05) is 25.1 Å². The maximum Gasteiger partial charge on any atom is 0.329 e. The van der Waals surface area contributed by atoms with Crippen LogP contribution in [-0.4, -0.2) is 40.6 Å². The molecule has 116 valence electrons. The summed E-state index contributed by atoms with van der Waals surface area (Å²) in [6, 6.07) is 0.0282. The minimum atomic E-state index is -0.636. The Morgan fingerprint density at radius 1 is 1.48 bits per heavy atom. The number of aromatic nitrogens is 2. The van der Waals surface area contributed by atoms with E-state index in [1.54, 1.807) is 6.92 Å². The second-order valence-corrected chi connectivity index (χ2v) is 4.00. The molecule has 0 aliphatic carbocycles. The van der Waals surface area contributed by atoms with Crippen LogP contribution in [-0.2, 0) is 9.53 Å². The van der Waals surface area contributed by atoms with Crippen molar-refractivity contribution in [1.29, 1.82) is 0 Å². The van der Waals surface area contributed by atoms with Crippen LogP contribution in [0, 0.1) is 10.1 Å². The van der Waals surface area contributed by atoms with Crippen LogP contribution in [0.25, 0.3) is 0 Å². The van der Waals surface area contributed by atoms with E-state index in [1.165, 1.54) is 0 Å². The van der Waals surface area contributed by atoms with Gasteiger partial charge in [0.25, 0.3) is 0 Å². The first-order valence-corrected chi connectivity index (χ1v) is 6.62. The molecule has 0 bridgehead atoms. The second-order valence-electron chi connectivity index (χ2n) is 4.00. The van der Waals surface area contributed by atoms with Crippen LogP contribution in [0.15, 0.2) is 6.20 Å². The zero-order valence-corrected chi connectivity index (χ0v) is 12.0. The van der Waals surface area contributed by atoms with Gasteiger partial charge in [-0.2, -0.15) is 9.97 Å². The number of unbranched alkanes of at least 4 members (excludes halogenated alkanes) is 1. The van der Waals surface area contributed by atoms with Gasteiger partial charge in [-0.1, -0.05) is 13.3 Å². The van der Waals surface area contributed by atoms with Crippen LogP contribution in [0.4, 0.5) is 11.5 Å². The summed E-state index contributed by atoms with van der Waals surface area (Å²) in [4.78, 5) is 29.2. The molecule has 0 aliphatic heterocycles. The molecule has 0 amide bonds. The van der Waals surface area contributed by atoms with Gasteiger partial charge in [0.2, 0.25) is 5.82 Å². The minimum Gasteiger partial charge on any atom is -0.465 e. The highest BCUT2D eigenvalue weighted by atomic mass is 16.6. The van der Waals surface area contributed by atoms with Gasteiger partial charge in [0.1, 0.15) is 12.7 Å². The molecule has 0 fully saturated rings. The lowest BCUT2D eigenvalue weighted by atomic mass is 10.4. The van der Waals surface area contributed by atoms with Crippen molar-refractivity contribution in [3.05, 3.63) is 16.3 Å². The fraction of sp³-hybridized carbons (Fsp3) is 0.583. The number of nitrogens with zero attached hydrogens (tertiary/aromatic N) is 3. The zero-order chi connectivity index (χ0) is 15.7. The van der Waals surface area contributed by atoms with E-state index in [9.17, 15) is 14.9 Å². The van der Waals surface area contributed by atoms with Crippen molar-refractivity contribution in [2.45, 2.75) is 26.7 Å². The highest BCUT2D eigenvalue weighted by molar-refractivity contribution is 5.75. The Morgan fingerprint density at radius 3 is 2.86 bits per heavy atom. The average Bonchev–Trinajstić information content (AvgIpc) is 2.45. The molecule has 1 N–H and O–H groups in total. The van der Waals surface area contributed by atoms with E-state index >= 15 is 0 Å². The molecule has 1 heterocycles. The molecular weight excluding hydrogens is 280 g/mol. The molecular formula is C12H18N4O5. The van der Waals surface area contributed by atoms with E-state index in [0.29, 0.717) is 6.61 Å². The lowest BCUT2D eigenvalue weighted by Crippen LogP contribution is -2.18. The third kappa shape index (κ3) is 5.59. The van der Waals surface area contributed by atoms with Crippen molar-refractivity contribution in [3.63, 3.8) is 0 Å². The number of hydrogen-bond donors (Lipinski definition) is 1. The fourth-order valence-corrected chi connectivity index (χ4v) is 1.37. The van der Waals surface area contributed by atoms with E-state index in [1.807, 2.05) is 6.92 Å². The van der Waals surface area contributed by atoms with Crippen LogP contribution in [0.3, 0.4) is 0 Å². The number of ether oxygens (including phenoxy) is 2. The minimum absolute atomic E-state index is 0.0282. The summed E-state index contributed by atoms with van der Waals surface area (Å²) in [7, 11) is 0. The maximum absolute atomic E-state index is 11.3. The molecule has 21 heavy (non-hydrogen) atoms. The van der Waals surface area contributed by atoms with Gasteiger partial charge >= 0.3 is 17.7 Å². The van der Waals surface area contributed by atoms with Gasteiger partial charge in [-0.05, 0) is 13.3 Å². The number of carbonyl (C=O) groups excluding carboxylic acids is 1. The summed E-state index contributed by atoms with van der Waals surface area (Å²) < 4.78 is 10.0. The first-order chi connectivity index (χ1) is 10.1. The molecule has 0 saturated carbocycles. The molecule has 1 aromatic rings. The van der Waals surface area contributed by atoms with Crippen LogP contribution in [0.1, 0.15) is 26.7 Å². The van der Waals surface area contributed by atoms with E-state index in [0.717, 1.165) is 19.0 Å². The van der Waals surface area contributed by atoms with Crippen molar-refractivity contribution in [1.82, 2.24) is 9.97 Å². The van der Waals surface area contributed by atoms with Crippen molar-refractivity contribution in [3.8, 4) is 6.01 Å². The summed E-state index contributed by atoms with van der Waals surface area (Å²) in [5, 5.41) is 13.5. The molecule has 0 aromatic carbocycles. The molecule has 1 rings (SSSR count). The van der Waals surface area contributed by atoms with Gasteiger partial charge in [-0.3, -0.25) is 14.9 Å². The van der Waals surface area contributed by atoms with Crippen LogP contribution in [0.5, 0.6) is 6.01 Å². The lowest BCUT2D eigenvalue weighted by Gasteiger charge is -2.08. The average molecular weight is 298 g/mol. The van der Waals surface area contributed by atoms with Crippen molar-refractivity contribution < 1.29 is 19.2 Å². The number of anilines is 1. The van der Waals surface area contributed by atoms with Gasteiger partial charge in [0.15, 0.2) is 0 Å². The summed E-state index contributed by atoms with van der Waals surface area (Å²) in [5.41, 5.74) is -0.331. The third-order valence-corrected chi connectivity index (χ3v) is 2.38. The van der Waals surface area contributed by atoms with Crippen molar-refractivity contribution >= 4 is 17.5 Å². The molecule has 1 aromatic heterocycles. The Hall–Kier alpha value is -2.45. The Kier molecular flexibility index (Phi) is 6.85. The maximum atomic E-state index is 11.3. The van der Waals surface area contributed by atoms with E-state index in [2.05, 4.69) is 15.3 Å².